The maximum atomic E-state index is 15.5. The number of ketones is 1. The van der Waals surface area contributed by atoms with Crippen molar-refractivity contribution >= 4 is 44.6 Å². The van der Waals surface area contributed by atoms with Crippen LogP contribution in [0.5, 0.6) is 0 Å². The highest BCUT2D eigenvalue weighted by molar-refractivity contribution is 7.90. The van der Waals surface area contributed by atoms with Crippen molar-refractivity contribution in [2.75, 3.05) is 42.9 Å². The van der Waals surface area contributed by atoms with Crippen LogP contribution in [0, 0.1) is 23.0 Å². The molecular weight excluding hydrogens is 620 g/mol. The summed E-state index contributed by atoms with van der Waals surface area (Å²) in [6, 6.07) is 3.42. The first-order valence-corrected chi connectivity index (χ1v) is 16.3. The van der Waals surface area contributed by atoms with Gasteiger partial charge in [0.15, 0.2) is 5.82 Å². The largest absolute Gasteiger partial charge is 0.466 e. The lowest BCUT2D eigenvalue weighted by molar-refractivity contribution is -0.146. The van der Waals surface area contributed by atoms with Crippen molar-refractivity contribution in [3.63, 3.8) is 0 Å². The minimum absolute atomic E-state index is 0.0435. The average molecular weight is 654 g/mol. The molecule has 2 fully saturated rings. The number of ether oxygens (including phenoxy) is 1. The number of aromatic nitrogens is 4. The first-order valence-electron chi connectivity index (χ1n) is 14.9. The molecule has 12 nitrogen and oxygen atoms in total. The molecule has 1 spiro atoms. The van der Waals surface area contributed by atoms with Gasteiger partial charge < -0.3 is 14.6 Å². The van der Waals surface area contributed by atoms with Crippen LogP contribution in [0.3, 0.4) is 0 Å². The van der Waals surface area contributed by atoms with E-state index in [2.05, 4.69) is 29.6 Å². The number of carbonyl (C=O) groups excluding carboxylic acids is 2. The molecule has 2 aliphatic rings. The van der Waals surface area contributed by atoms with Gasteiger partial charge in [0, 0.05) is 85.4 Å². The molecule has 1 aromatic carbocycles. The van der Waals surface area contributed by atoms with Gasteiger partial charge in [0.05, 0.1) is 17.9 Å². The van der Waals surface area contributed by atoms with Crippen molar-refractivity contribution in [2.45, 2.75) is 33.1 Å². The first kappa shape index (κ1) is 31.5. The summed E-state index contributed by atoms with van der Waals surface area (Å²) in [5, 5.41) is 0.314. The third-order valence-electron chi connectivity index (χ3n) is 8.70. The fourth-order valence-electron chi connectivity index (χ4n) is 6.27. The lowest BCUT2D eigenvalue weighted by Gasteiger charge is -2.59. The Balaban J connectivity index is 1.18. The van der Waals surface area contributed by atoms with E-state index < -0.39 is 38.9 Å². The number of esters is 1. The number of pyridine rings is 1. The number of aromatic amines is 1. The predicted molar refractivity (Wildman–Crippen MR) is 166 cm³/mol. The number of carbonyl (C=O) groups is 2. The molecule has 1 aliphatic carbocycles. The molecular formula is C31H33F2N7O5S. The molecule has 3 aromatic heterocycles. The second-order valence-electron chi connectivity index (χ2n) is 11.9. The molecule has 0 amide bonds. The normalized spacial score (nSPS) is 16.0. The molecule has 2 N–H and O–H groups in total. The highest BCUT2D eigenvalue weighted by Gasteiger charge is 2.53. The Bertz CT molecular complexity index is 1920. The number of anilines is 2. The fraction of sp³-hybridized carbons (Fsp3) is 0.387. The van der Waals surface area contributed by atoms with Gasteiger partial charge in [-0.1, -0.05) is 6.92 Å². The molecule has 0 atom stereocenters. The quantitative estimate of drug-likeness (QED) is 0.178. The SMILES string of the molecule is CCOC(=O)CC1CC2(C1)CN(c1ncc(-c3cnc4[nH]cc(C(=O)c5c(F)ccc(NS(=O)(=O)N(C)CC)c5F)c4c3)cn1)C2. The minimum Gasteiger partial charge on any atom is -0.466 e. The smallest absolute Gasteiger partial charge is 0.306 e. The number of rotatable bonds is 11. The van der Waals surface area contributed by atoms with Gasteiger partial charge in [-0.3, -0.25) is 14.3 Å². The van der Waals surface area contributed by atoms with Gasteiger partial charge in [0.1, 0.15) is 11.5 Å². The summed E-state index contributed by atoms with van der Waals surface area (Å²) in [4.78, 5) is 43.6. The van der Waals surface area contributed by atoms with Crippen LogP contribution in [-0.4, -0.2) is 77.7 Å². The molecule has 0 bridgehead atoms. The molecule has 1 saturated carbocycles. The van der Waals surface area contributed by atoms with Crippen LogP contribution in [0.1, 0.15) is 49.0 Å². The second-order valence-corrected chi connectivity index (χ2v) is 13.6. The predicted octanol–water partition coefficient (Wildman–Crippen LogP) is 4.31. The molecule has 0 radical (unpaired) electrons. The monoisotopic (exact) mass is 653 g/mol. The van der Waals surface area contributed by atoms with Gasteiger partial charge in [0.25, 0.3) is 0 Å². The Morgan fingerprint density at radius 2 is 1.80 bits per heavy atom. The Morgan fingerprint density at radius 1 is 1.11 bits per heavy atom. The Morgan fingerprint density at radius 3 is 2.48 bits per heavy atom. The molecule has 6 rings (SSSR count). The van der Waals surface area contributed by atoms with Crippen LogP contribution < -0.4 is 9.62 Å². The number of nitrogens with one attached hydrogen (secondary N) is 2. The minimum atomic E-state index is -4.12. The third-order valence-corrected chi connectivity index (χ3v) is 10.3. The molecule has 0 unspecified atom stereocenters. The summed E-state index contributed by atoms with van der Waals surface area (Å²) in [7, 11) is -2.82. The fourth-order valence-corrected chi connectivity index (χ4v) is 7.20. The standard InChI is InChI=1S/C31H33F2N7O5S/c1-4-39(3)46(43,44)38-24-7-6-23(32)26(27(24)33)28(42)22-15-35-29-21(22)9-19(12-34-29)20-13-36-30(37-14-20)40-16-31(17-40)10-18(11-31)8-25(41)45-5-2/h6-7,9,12-15,18,38H,4-5,8,10-11,16-17H2,1-3H3,(H,34,35). The second kappa shape index (κ2) is 12.0. The number of benzene rings is 1. The van der Waals surface area contributed by atoms with Crippen molar-refractivity contribution in [3.8, 4) is 11.1 Å². The summed E-state index contributed by atoms with van der Waals surface area (Å²) in [5.74, 6) is -2.65. The maximum Gasteiger partial charge on any atom is 0.306 e. The molecule has 1 aliphatic heterocycles. The number of nitrogens with zero attached hydrogens (tertiary/aromatic N) is 5. The van der Waals surface area contributed by atoms with Crippen molar-refractivity contribution < 1.29 is 31.5 Å². The van der Waals surface area contributed by atoms with Gasteiger partial charge in [-0.25, -0.2) is 23.7 Å². The highest BCUT2D eigenvalue weighted by Crippen LogP contribution is 2.53. The number of fused-ring (bicyclic) bond motifs is 1. The topological polar surface area (TPSA) is 150 Å². The molecule has 46 heavy (non-hydrogen) atoms. The zero-order valence-corrected chi connectivity index (χ0v) is 26.3. The van der Waals surface area contributed by atoms with E-state index in [1.165, 1.54) is 13.2 Å². The lowest BCUT2D eigenvalue weighted by atomic mass is 9.57. The Labute approximate surface area is 264 Å². The van der Waals surface area contributed by atoms with Crippen molar-refractivity contribution in [3.05, 3.63) is 65.7 Å². The van der Waals surface area contributed by atoms with Crippen LogP contribution in [-0.2, 0) is 19.7 Å². The van der Waals surface area contributed by atoms with Crippen molar-refractivity contribution in [1.29, 1.82) is 0 Å². The van der Waals surface area contributed by atoms with E-state index in [1.807, 2.05) is 0 Å². The summed E-state index contributed by atoms with van der Waals surface area (Å²) >= 11 is 0. The van der Waals surface area contributed by atoms with Gasteiger partial charge in [-0.15, -0.1) is 0 Å². The van der Waals surface area contributed by atoms with E-state index >= 15 is 4.39 Å². The molecule has 4 heterocycles. The number of hydrogen-bond acceptors (Lipinski definition) is 9. The van der Waals surface area contributed by atoms with Crippen molar-refractivity contribution in [2.24, 2.45) is 11.3 Å². The van der Waals surface area contributed by atoms with E-state index in [4.69, 9.17) is 4.74 Å². The number of halogens is 2. The number of hydrogen-bond donors (Lipinski definition) is 2. The van der Waals surface area contributed by atoms with Crippen LogP contribution in [0.2, 0.25) is 0 Å². The van der Waals surface area contributed by atoms with Crippen LogP contribution in [0.4, 0.5) is 20.4 Å². The van der Waals surface area contributed by atoms with E-state index in [0.717, 1.165) is 42.4 Å². The van der Waals surface area contributed by atoms with Crippen LogP contribution in [0.15, 0.2) is 43.0 Å². The van der Waals surface area contributed by atoms with Crippen LogP contribution in [0.25, 0.3) is 22.2 Å². The van der Waals surface area contributed by atoms with E-state index in [-0.39, 0.29) is 23.5 Å². The maximum absolute atomic E-state index is 15.5. The highest BCUT2D eigenvalue weighted by atomic mass is 32.2. The van der Waals surface area contributed by atoms with Crippen molar-refractivity contribution in [1.82, 2.24) is 24.2 Å². The van der Waals surface area contributed by atoms with E-state index in [0.29, 0.717) is 47.1 Å². The summed E-state index contributed by atoms with van der Waals surface area (Å²) < 4.78 is 63.3. The molecule has 4 aromatic rings. The average Bonchev–Trinajstić information content (AvgIpc) is 3.42. The summed E-state index contributed by atoms with van der Waals surface area (Å²) in [6.07, 6.45) is 8.60. The van der Waals surface area contributed by atoms with Gasteiger partial charge in [-0.2, -0.15) is 12.7 Å². The zero-order chi connectivity index (χ0) is 32.8. The van der Waals surface area contributed by atoms with Gasteiger partial charge in [-0.05, 0) is 43.9 Å². The van der Waals surface area contributed by atoms with Gasteiger partial charge in [0.2, 0.25) is 11.7 Å². The molecule has 242 valence electrons. The summed E-state index contributed by atoms with van der Waals surface area (Å²) in [6.45, 7) is 5.54. The Hall–Kier alpha value is -4.50. The van der Waals surface area contributed by atoms with E-state index in [9.17, 15) is 22.4 Å². The lowest BCUT2D eigenvalue weighted by Crippen LogP contribution is -2.63. The summed E-state index contributed by atoms with van der Waals surface area (Å²) in [5.41, 5.74) is 0.225. The Kier molecular flexibility index (Phi) is 8.23. The van der Waals surface area contributed by atoms with Crippen LogP contribution >= 0.6 is 0 Å². The number of H-pyrrole nitrogens is 1. The zero-order valence-electron chi connectivity index (χ0n) is 25.5. The van der Waals surface area contributed by atoms with E-state index in [1.54, 1.807) is 38.5 Å². The third kappa shape index (κ3) is 5.80. The molecule has 15 heteroatoms. The molecule has 1 saturated heterocycles. The first-order chi connectivity index (χ1) is 21.9. The van der Waals surface area contributed by atoms with Gasteiger partial charge >= 0.3 is 16.2 Å².